The van der Waals surface area contributed by atoms with E-state index in [-0.39, 0.29) is 17.1 Å². The van der Waals surface area contributed by atoms with Crippen molar-refractivity contribution in [3.05, 3.63) is 23.7 Å². The van der Waals surface area contributed by atoms with E-state index < -0.39 is 0 Å². The molecule has 1 atom stereocenters. The largest absolute Gasteiger partial charge is 0.465 e. The van der Waals surface area contributed by atoms with Crippen LogP contribution in [0.2, 0.25) is 0 Å². The minimum absolute atomic E-state index is 0.0533. The first kappa shape index (κ1) is 12.2. The topological polar surface area (TPSA) is 42.2 Å². The number of hydrogen-bond acceptors (Lipinski definition) is 3. The van der Waals surface area contributed by atoms with E-state index in [9.17, 15) is 4.79 Å². The summed E-state index contributed by atoms with van der Waals surface area (Å²) in [6, 6.07) is 3.74. The van der Waals surface area contributed by atoms with Gasteiger partial charge in [0.05, 0.1) is 11.8 Å². The molecular formula is C11H17NO2S. The lowest BCUT2D eigenvalue weighted by Crippen LogP contribution is -2.33. The second kappa shape index (κ2) is 5.26. The highest BCUT2D eigenvalue weighted by molar-refractivity contribution is 7.81. The highest BCUT2D eigenvalue weighted by Gasteiger charge is 2.17. The molecule has 0 saturated heterocycles. The number of aryl methyl sites for hydroxylation is 1. The number of carbonyl (C=O) groups is 1. The monoisotopic (exact) mass is 227 g/mol. The molecule has 0 aliphatic carbocycles. The molecule has 1 amide bonds. The van der Waals surface area contributed by atoms with Crippen LogP contribution in [0.15, 0.2) is 16.5 Å². The minimum atomic E-state index is -0.263. The number of furan rings is 1. The van der Waals surface area contributed by atoms with Crippen molar-refractivity contribution in [1.82, 2.24) is 5.32 Å². The smallest absolute Gasteiger partial charge is 0.233 e. The Hall–Kier alpha value is -0.900. The van der Waals surface area contributed by atoms with E-state index in [1.165, 1.54) is 0 Å². The highest BCUT2D eigenvalue weighted by atomic mass is 32.1. The van der Waals surface area contributed by atoms with E-state index in [0.717, 1.165) is 11.5 Å². The van der Waals surface area contributed by atoms with E-state index in [2.05, 4.69) is 17.9 Å². The zero-order valence-electron chi connectivity index (χ0n) is 9.28. The molecular weight excluding hydrogens is 210 g/mol. The molecule has 1 N–H and O–H groups in total. The molecule has 0 saturated carbocycles. The highest BCUT2D eigenvalue weighted by Crippen LogP contribution is 2.10. The lowest BCUT2D eigenvalue weighted by molar-refractivity contribution is -0.121. The van der Waals surface area contributed by atoms with Crippen LogP contribution < -0.4 is 5.32 Å². The maximum absolute atomic E-state index is 11.5. The summed E-state index contributed by atoms with van der Waals surface area (Å²) in [5, 5.41) is 2.52. The summed E-state index contributed by atoms with van der Waals surface area (Å²) in [6.07, 6.45) is 0. The van der Waals surface area contributed by atoms with E-state index in [1.54, 1.807) is 0 Å². The lowest BCUT2D eigenvalue weighted by atomic mass is 10.1. The molecule has 1 aromatic rings. The van der Waals surface area contributed by atoms with Crippen molar-refractivity contribution in [2.75, 3.05) is 0 Å². The van der Waals surface area contributed by atoms with Crippen molar-refractivity contribution >= 4 is 18.5 Å². The average molecular weight is 227 g/mol. The van der Waals surface area contributed by atoms with Crippen molar-refractivity contribution < 1.29 is 9.21 Å². The first-order valence-corrected chi connectivity index (χ1v) is 5.53. The molecule has 0 aliphatic rings. The third-order valence-corrected chi connectivity index (χ3v) is 2.96. The predicted molar refractivity (Wildman–Crippen MR) is 62.9 cm³/mol. The second-order valence-electron chi connectivity index (χ2n) is 3.92. The fourth-order valence-electron chi connectivity index (χ4n) is 1.16. The quantitative estimate of drug-likeness (QED) is 0.774. The van der Waals surface area contributed by atoms with E-state index in [4.69, 9.17) is 4.42 Å². The van der Waals surface area contributed by atoms with E-state index in [1.807, 2.05) is 32.9 Å². The number of nitrogens with one attached hydrogen (secondary N) is 1. The minimum Gasteiger partial charge on any atom is -0.465 e. The van der Waals surface area contributed by atoms with Crippen LogP contribution in [-0.4, -0.2) is 11.2 Å². The van der Waals surface area contributed by atoms with Gasteiger partial charge in [0.15, 0.2) is 0 Å². The van der Waals surface area contributed by atoms with E-state index in [0.29, 0.717) is 6.54 Å². The van der Waals surface area contributed by atoms with Crippen LogP contribution in [0.1, 0.15) is 25.4 Å². The normalized spacial score (nSPS) is 12.9. The van der Waals surface area contributed by atoms with Gasteiger partial charge in [0.2, 0.25) is 5.91 Å². The van der Waals surface area contributed by atoms with Gasteiger partial charge in [-0.2, -0.15) is 12.6 Å². The third-order valence-electron chi connectivity index (χ3n) is 2.13. The van der Waals surface area contributed by atoms with Crippen molar-refractivity contribution in [2.24, 2.45) is 5.92 Å². The van der Waals surface area contributed by atoms with Crippen LogP contribution in [0.4, 0.5) is 0 Å². The Bertz CT molecular complexity index is 333. The number of hydrogen-bond donors (Lipinski definition) is 2. The van der Waals surface area contributed by atoms with Crippen LogP contribution in [0.25, 0.3) is 0 Å². The summed E-state index contributed by atoms with van der Waals surface area (Å²) in [4.78, 5) is 11.5. The van der Waals surface area contributed by atoms with Gasteiger partial charge in [-0.05, 0) is 25.0 Å². The summed E-state index contributed by atoms with van der Waals surface area (Å²) in [5.74, 6) is 1.80. The van der Waals surface area contributed by atoms with Crippen LogP contribution in [0.5, 0.6) is 0 Å². The molecule has 1 aromatic heterocycles. The van der Waals surface area contributed by atoms with Crippen LogP contribution in [0.3, 0.4) is 0 Å². The van der Waals surface area contributed by atoms with Crippen molar-refractivity contribution in [3.63, 3.8) is 0 Å². The zero-order valence-corrected chi connectivity index (χ0v) is 10.2. The first-order valence-electron chi connectivity index (χ1n) is 5.02. The van der Waals surface area contributed by atoms with Gasteiger partial charge in [-0.25, -0.2) is 0 Å². The summed E-state index contributed by atoms with van der Waals surface area (Å²) >= 11 is 4.23. The molecule has 0 aromatic carbocycles. The van der Waals surface area contributed by atoms with Gasteiger partial charge < -0.3 is 9.73 Å². The van der Waals surface area contributed by atoms with Crippen LogP contribution in [-0.2, 0) is 11.3 Å². The van der Waals surface area contributed by atoms with Gasteiger partial charge in [-0.1, -0.05) is 13.8 Å². The molecule has 4 heteroatoms. The van der Waals surface area contributed by atoms with Gasteiger partial charge in [0.25, 0.3) is 0 Å². The molecule has 15 heavy (non-hydrogen) atoms. The molecule has 3 nitrogen and oxygen atoms in total. The Labute approximate surface area is 95.6 Å². The third kappa shape index (κ3) is 3.63. The molecule has 1 heterocycles. The summed E-state index contributed by atoms with van der Waals surface area (Å²) in [5.41, 5.74) is 0. The predicted octanol–water partition coefficient (Wildman–Crippen LogP) is 2.16. The molecule has 1 unspecified atom stereocenters. The standard InChI is InChI=1S/C11H17NO2S/c1-7(2)10(15)11(13)12-6-9-5-4-8(3)14-9/h4-5,7,10,15H,6H2,1-3H3,(H,12,13). The fraction of sp³-hybridized carbons (Fsp3) is 0.545. The summed E-state index contributed by atoms with van der Waals surface area (Å²) in [6.45, 7) is 6.24. The Kier molecular flexibility index (Phi) is 4.27. The lowest BCUT2D eigenvalue weighted by Gasteiger charge is -2.13. The number of rotatable bonds is 4. The van der Waals surface area contributed by atoms with Crippen molar-refractivity contribution in [1.29, 1.82) is 0 Å². The van der Waals surface area contributed by atoms with Gasteiger partial charge >= 0.3 is 0 Å². The van der Waals surface area contributed by atoms with Crippen LogP contribution in [0, 0.1) is 12.8 Å². The summed E-state index contributed by atoms with van der Waals surface area (Å²) < 4.78 is 5.33. The molecule has 0 fully saturated rings. The van der Waals surface area contributed by atoms with Crippen molar-refractivity contribution in [2.45, 2.75) is 32.6 Å². The zero-order chi connectivity index (χ0) is 11.4. The Balaban J connectivity index is 2.40. The van der Waals surface area contributed by atoms with Gasteiger partial charge in [0.1, 0.15) is 11.5 Å². The maximum Gasteiger partial charge on any atom is 0.233 e. The SMILES string of the molecule is Cc1ccc(CNC(=O)C(S)C(C)C)o1. The number of amides is 1. The molecule has 0 spiro atoms. The Morgan fingerprint density at radius 1 is 1.53 bits per heavy atom. The van der Waals surface area contributed by atoms with Gasteiger partial charge in [-0.3, -0.25) is 4.79 Å². The van der Waals surface area contributed by atoms with Gasteiger partial charge in [-0.15, -0.1) is 0 Å². The number of carbonyl (C=O) groups excluding carboxylic acids is 1. The van der Waals surface area contributed by atoms with Gasteiger partial charge in [0, 0.05) is 0 Å². The summed E-state index contributed by atoms with van der Waals surface area (Å²) in [7, 11) is 0. The Morgan fingerprint density at radius 2 is 2.20 bits per heavy atom. The molecule has 0 radical (unpaired) electrons. The first-order chi connectivity index (χ1) is 7.00. The average Bonchev–Trinajstić information content (AvgIpc) is 2.59. The van der Waals surface area contributed by atoms with Crippen molar-refractivity contribution in [3.8, 4) is 0 Å². The van der Waals surface area contributed by atoms with Crippen LogP contribution >= 0.6 is 12.6 Å². The second-order valence-corrected chi connectivity index (χ2v) is 4.48. The number of thiol groups is 1. The Morgan fingerprint density at radius 3 is 2.67 bits per heavy atom. The molecule has 0 bridgehead atoms. The fourth-order valence-corrected chi connectivity index (χ4v) is 1.25. The maximum atomic E-state index is 11.5. The molecule has 84 valence electrons. The van der Waals surface area contributed by atoms with E-state index >= 15 is 0 Å². The molecule has 0 aliphatic heterocycles. The molecule has 1 rings (SSSR count).